The maximum absolute atomic E-state index is 12.4. The van der Waals surface area contributed by atoms with Crippen LogP contribution in [0.25, 0.3) is 0 Å². The van der Waals surface area contributed by atoms with Crippen LogP contribution in [-0.4, -0.2) is 23.9 Å². The maximum Gasteiger partial charge on any atom is 0.226 e. The predicted molar refractivity (Wildman–Crippen MR) is 77.4 cm³/mol. The molecule has 0 heterocycles. The van der Waals surface area contributed by atoms with Crippen molar-refractivity contribution in [3.63, 3.8) is 0 Å². The van der Waals surface area contributed by atoms with Gasteiger partial charge < -0.3 is 4.90 Å². The van der Waals surface area contributed by atoms with Crippen LogP contribution < -0.4 is 0 Å². The molecule has 3 heteroatoms. The lowest BCUT2D eigenvalue weighted by atomic mass is 9.69. The smallest absolute Gasteiger partial charge is 0.226 e. The summed E-state index contributed by atoms with van der Waals surface area (Å²) in [5.41, 5.74) is 0.351. The average Bonchev–Trinajstić information content (AvgIpc) is 2.37. The molecule has 0 aromatic carbocycles. The van der Waals surface area contributed by atoms with Gasteiger partial charge in [0.25, 0.3) is 0 Å². The molecule has 1 aliphatic rings. The van der Waals surface area contributed by atoms with Gasteiger partial charge in [0, 0.05) is 12.5 Å². The molecule has 0 aliphatic heterocycles. The van der Waals surface area contributed by atoms with Gasteiger partial charge in [0.05, 0.1) is 6.07 Å². The number of nitriles is 1. The van der Waals surface area contributed by atoms with Crippen molar-refractivity contribution >= 4 is 5.91 Å². The summed E-state index contributed by atoms with van der Waals surface area (Å²) in [6.07, 6.45) is 5.20. The van der Waals surface area contributed by atoms with Gasteiger partial charge in [0.2, 0.25) is 5.91 Å². The Kier molecular flexibility index (Phi) is 5.85. The van der Waals surface area contributed by atoms with Crippen LogP contribution in [0.15, 0.2) is 0 Å². The first-order chi connectivity index (χ1) is 8.90. The Hall–Kier alpha value is -1.04. The molecule has 0 spiro atoms. The summed E-state index contributed by atoms with van der Waals surface area (Å²) in [5, 5.41) is 8.82. The third-order valence-corrected chi connectivity index (χ3v) is 4.37. The van der Waals surface area contributed by atoms with Gasteiger partial charge in [0.1, 0.15) is 6.54 Å². The predicted octanol–water partition coefficient (Wildman–Crippen LogP) is 3.60. The summed E-state index contributed by atoms with van der Waals surface area (Å²) >= 11 is 0. The fourth-order valence-electron chi connectivity index (χ4n) is 3.09. The van der Waals surface area contributed by atoms with Gasteiger partial charge in [-0.05, 0) is 43.4 Å². The molecule has 0 atom stereocenters. The highest BCUT2D eigenvalue weighted by atomic mass is 16.2. The number of nitrogens with zero attached hydrogens (tertiary/aromatic N) is 2. The summed E-state index contributed by atoms with van der Waals surface area (Å²) < 4.78 is 0. The molecule has 0 aromatic rings. The highest BCUT2D eigenvalue weighted by Crippen LogP contribution is 2.40. The molecule has 108 valence electrons. The van der Waals surface area contributed by atoms with Gasteiger partial charge >= 0.3 is 0 Å². The van der Waals surface area contributed by atoms with Crippen molar-refractivity contribution in [2.45, 2.75) is 59.8 Å². The fraction of sp³-hybridized carbons (Fsp3) is 0.875. The van der Waals surface area contributed by atoms with Crippen molar-refractivity contribution < 1.29 is 4.79 Å². The first kappa shape index (κ1) is 16.0. The molecular formula is C16H28N2O. The zero-order valence-electron chi connectivity index (χ0n) is 12.9. The van der Waals surface area contributed by atoms with E-state index in [1.165, 1.54) is 0 Å². The number of carbonyl (C=O) groups excluding carboxylic acids is 1. The Bertz CT molecular complexity index is 330. The zero-order valence-corrected chi connectivity index (χ0v) is 12.9. The first-order valence-electron chi connectivity index (χ1n) is 7.55. The van der Waals surface area contributed by atoms with E-state index >= 15 is 0 Å². The Labute approximate surface area is 118 Å². The number of hydrogen-bond acceptors (Lipinski definition) is 2. The van der Waals surface area contributed by atoms with Gasteiger partial charge in [-0.25, -0.2) is 0 Å². The highest BCUT2D eigenvalue weighted by molar-refractivity contribution is 5.79. The molecule has 1 fully saturated rings. The van der Waals surface area contributed by atoms with Crippen LogP contribution in [0.1, 0.15) is 59.8 Å². The fourth-order valence-corrected chi connectivity index (χ4v) is 3.09. The van der Waals surface area contributed by atoms with E-state index in [4.69, 9.17) is 5.26 Å². The minimum Gasteiger partial charge on any atom is -0.329 e. The molecule has 19 heavy (non-hydrogen) atoms. The highest BCUT2D eigenvalue weighted by Gasteiger charge is 2.33. The standard InChI is InChI=1S/C16H28N2O/c1-5-11-18(12-10-17)15(19)13-6-8-14(9-7-13)16(2,3)4/h13-14H,5-9,11-12H2,1-4H3. The van der Waals surface area contributed by atoms with Crippen LogP contribution in [0.2, 0.25) is 0 Å². The van der Waals surface area contributed by atoms with Crippen molar-refractivity contribution in [1.82, 2.24) is 4.90 Å². The summed E-state index contributed by atoms with van der Waals surface area (Å²) in [4.78, 5) is 14.1. The summed E-state index contributed by atoms with van der Waals surface area (Å²) in [7, 11) is 0. The Balaban J connectivity index is 2.54. The minimum atomic E-state index is 0.151. The monoisotopic (exact) mass is 264 g/mol. The van der Waals surface area contributed by atoms with Gasteiger partial charge in [-0.2, -0.15) is 5.26 Å². The second-order valence-electron chi connectivity index (χ2n) is 6.83. The second-order valence-corrected chi connectivity index (χ2v) is 6.83. The Morgan fingerprint density at radius 1 is 1.26 bits per heavy atom. The minimum absolute atomic E-state index is 0.151. The number of carbonyl (C=O) groups is 1. The van der Waals surface area contributed by atoms with Crippen molar-refractivity contribution in [2.75, 3.05) is 13.1 Å². The Morgan fingerprint density at radius 2 is 1.84 bits per heavy atom. The Morgan fingerprint density at radius 3 is 2.26 bits per heavy atom. The van der Waals surface area contributed by atoms with E-state index < -0.39 is 0 Å². The third kappa shape index (κ3) is 4.53. The quantitative estimate of drug-likeness (QED) is 0.728. The van der Waals surface area contributed by atoms with E-state index in [1.807, 2.05) is 6.92 Å². The lowest BCUT2D eigenvalue weighted by Gasteiger charge is -2.37. The van der Waals surface area contributed by atoms with Crippen molar-refractivity contribution in [2.24, 2.45) is 17.3 Å². The van der Waals surface area contributed by atoms with Crippen molar-refractivity contribution in [3.05, 3.63) is 0 Å². The molecular weight excluding hydrogens is 236 g/mol. The van der Waals surface area contributed by atoms with Crippen LogP contribution in [0.4, 0.5) is 0 Å². The van der Waals surface area contributed by atoms with Crippen LogP contribution in [0, 0.1) is 28.6 Å². The largest absolute Gasteiger partial charge is 0.329 e. The molecule has 1 rings (SSSR count). The molecule has 1 saturated carbocycles. The molecule has 0 N–H and O–H groups in total. The van der Waals surface area contributed by atoms with E-state index in [0.29, 0.717) is 12.0 Å². The number of amides is 1. The number of rotatable bonds is 4. The normalized spacial score (nSPS) is 23.7. The summed E-state index contributed by atoms with van der Waals surface area (Å²) in [6.45, 7) is 9.88. The third-order valence-electron chi connectivity index (χ3n) is 4.37. The van der Waals surface area contributed by atoms with Gasteiger partial charge in [-0.15, -0.1) is 0 Å². The van der Waals surface area contributed by atoms with E-state index in [0.717, 1.165) is 38.0 Å². The molecule has 1 amide bonds. The molecule has 0 aromatic heterocycles. The molecule has 3 nitrogen and oxygen atoms in total. The second kappa shape index (κ2) is 6.93. The van der Waals surface area contributed by atoms with E-state index in [2.05, 4.69) is 26.8 Å². The summed E-state index contributed by atoms with van der Waals surface area (Å²) in [5.74, 6) is 1.08. The molecule has 1 aliphatic carbocycles. The molecule has 0 saturated heterocycles. The van der Waals surface area contributed by atoms with Crippen LogP contribution >= 0.6 is 0 Å². The average molecular weight is 264 g/mol. The lowest BCUT2D eigenvalue weighted by molar-refractivity contribution is -0.136. The van der Waals surface area contributed by atoms with E-state index in [-0.39, 0.29) is 18.4 Å². The van der Waals surface area contributed by atoms with Crippen molar-refractivity contribution in [1.29, 1.82) is 5.26 Å². The number of hydrogen-bond donors (Lipinski definition) is 0. The zero-order chi connectivity index (χ0) is 14.5. The first-order valence-corrected chi connectivity index (χ1v) is 7.55. The topological polar surface area (TPSA) is 44.1 Å². The van der Waals surface area contributed by atoms with Gasteiger partial charge in [-0.1, -0.05) is 27.7 Å². The lowest BCUT2D eigenvalue weighted by Crippen LogP contribution is -2.39. The van der Waals surface area contributed by atoms with Crippen LogP contribution in [0.3, 0.4) is 0 Å². The SMILES string of the molecule is CCCN(CC#N)C(=O)C1CCC(C(C)(C)C)CC1. The van der Waals surface area contributed by atoms with E-state index in [1.54, 1.807) is 4.90 Å². The van der Waals surface area contributed by atoms with Gasteiger partial charge in [-0.3, -0.25) is 4.79 Å². The summed E-state index contributed by atoms with van der Waals surface area (Å²) in [6, 6.07) is 2.11. The molecule has 0 unspecified atom stereocenters. The van der Waals surface area contributed by atoms with E-state index in [9.17, 15) is 4.79 Å². The van der Waals surface area contributed by atoms with Gasteiger partial charge in [0.15, 0.2) is 0 Å². The van der Waals surface area contributed by atoms with Crippen molar-refractivity contribution in [3.8, 4) is 6.07 Å². The molecule has 0 radical (unpaired) electrons. The van der Waals surface area contributed by atoms with Crippen LogP contribution in [0.5, 0.6) is 0 Å². The molecule has 0 bridgehead atoms. The van der Waals surface area contributed by atoms with Crippen LogP contribution in [-0.2, 0) is 4.79 Å². The maximum atomic E-state index is 12.4.